The summed E-state index contributed by atoms with van der Waals surface area (Å²) in [4.78, 5) is 35.8. The molecule has 11 nitrogen and oxygen atoms in total. The lowest BCUT2D eigenvalue weighted by atomic mass is 9.83. The molecule has 0 spiro atoms. The molecule has 2 unspecified atom stereocenters. The van der Waals surface area contributed by atoms with E-state index in [2.05, 4.69) is 16.9 Å². The largest absolute Gasteiger partial charge is 0.476 e. The van der Waals surface area contributed by atoms with Crippen molar-refractivity contribution < 1.29 is 27.9 Å². The van der Waals surface area contributed by atoms with Gasteiger partial charge in [0.2, 0.25) is 21.8 Å². The fraction of sp³-hybridized carbons (Fsp3) is 0.727. The Morgan fingerprint density at radius 2 is 1.97 bits per heavy atom. The summed E-state index contributed by atoms with van der Waals surface area (Å²) < 4.78 is 31.7. The second-order valence-corrected chi connectivity index (χ2v) is 12.5. The molecular formula is C22H33N5O6S. The van der Waals surface area contributed by atoms with Crippen molar-refractivity contribution in [3.05, 3.63) is 12.4 Å². The molecule has 0 aromatic carbocycles. The molecule has 1 aromatic rings. The van der Waals surface area contributed by atoms with Gasteiger partial charge in [0.05, 0.1) is 30.8 Å². The zero-order chi connectivity index (χ0) is 24.7. The number of likely N-dealkylation sites (tertiary alicyclic amines) is 1. The van der Waals surface area contributed by atoms with Gasteiger partial charge in [-0.2, -0.15) is 4.31 Å². The lowest BCUT2D eigenvalue weighted by Gasteiger charge is -2.41. The first-order valence-electron chi connectivity index (χ1n) is 11.7. The van der Waals surface area contributed by atoms with Crippen LogP contribution < -0.4 is 9.64 Å². The van der Waals surface area contributed by atoms with Gasteiger partial charge in [0.15, 0.2) is 5.82 Å². The third-order valence-corrected chi connectivity index (χ3v) is 9.52. The summed E-state index contributed by atoms with van der Waals surface area (Å²) in [6.07, 6.45) is 5.69. The molecule has 2 amide bonds. The molecule has 1 aromatic heterocycles. The smallest absolute Gasteiger partial charge is 0.407 e. The highest BCUT2D eigenvalue weighted by Gasteiger charge is 2.50. The number of carbonyl (C=O) groups excluding carboxylic acids is 1. The summed E-state index contributed by atoms with van der Waals surface area (Å²) >= 11 is 0. The van der Waals surface area contributed by atoms with Gasteiger partial charge in [0.25, 0.3) is 0 Å². The third-order valence-electron chi connectivity index (χ3n) is 7.30. The van der Waals surface area contributed by atoms with Crippen molar-refractivity contribution in [3.8, 4) is 5.88 Å². The van der Waals surface area contributed by atoms with Crippen molar-refractivity contribution in [1.29, 1.82) is 0 Å². The number of piperazine rings is 1. The zero-order valence-corrected chi connectivity index (χ0v) is 20.7. The lowest BCUT2D eigenvalue weighted by molar-refractivity contribution is -0.120. The van der Waals surface area contributed by atoms with E-state index in [-0.39, 0.29) is 42.9 Å². The number of anilines is 1. The topological polar surface area (TPSA) is 133 Å². The fourth-order valence-corrected chi connectivity index (χ4v) is 5.97. The van der Waals surface area contributed by atoms with Crippen LogP contribution >= 0.6 is 0 Å². The van der Waals surface area contributed by atoms with Crippen LogP contribution in [0, 0.1) is 11.3 Å². The molecule has 188 valence electrons. The normalized spacial score (nSPS) is 25.5. The molecule has 12 heteroatoms. The summed E-state index contributed by atoms with van der Waals surface area (Å²) in [7, 11) is -3.49. The lowest BCUT2D eigenvalue weighted by Crippen LogP contribution is -2.53. The summed E-state index contributed by atoms with van der Waals surface area (Å²) in [5.74, 6) is 0.586. The third kappa shape index (κ3) is 4.97. The Hall–Kier alpha value is -2.47. The summed E-state index contributed by atoms with van der Waals surface area (Å²) in [6.45, 7) is 6.49. The number of hydrogen-bond donors (Lipinski definition) is 1. The molecule has 34 heavy (non-hydrogen) atoms. The van der Waals surface area contributed by atoms with Crippen LogP contribution in [0.25, 0.3) is 0 Å². The Bertz CT molecular complexity index is 1030. The Kier molecular flexibility index (Phi) is 6.74. The Labute approximate surface area is 200 Å². The van der Waals surface area contributed by atoms with Crippen LogP contribution in [-0.4, -0.2) is 88.8 Å². The monoisotopic (exact) mass is 495 g/mol. The molecule has 2 atom stereocenters. The van der Waals surface area contributed by atoms with Gasteiger partial charge in [-0.15, -0.1) is 0 Å². The standard InChI is InChI=1S/C22H33N5O6S/c1-15(2)34(31,32)25-8-9-27(20(28)13-25)18-11-24-19(12-23-18)33-14-16-4-7-26(21(29)30)17(10-16)22(3)5-6-22/h11-12,15-17H,4-10,13-14H2,1-3H3,(H,29,30). The van der Waals surface area contributed by atoms with E-state index < -0.39 is 21.4 Å². The van der Waals surface area contributed by atoms with Crippen LogP contribution in [0.5, 0.6) is 5.88 Å². The first-order valence-corrected chi connectivity index (χ1v) is 13.3. The van der Waals surface area contributed by atoms with E-state index in [9.17, 15) is 23.1 Å². The van der Waals surface area contributed by atoms with Gasteiger partial charge < -0.3 is 14.7 Å². The summed E-state index contributed by atoms with van der Waals surface area (Å²) in [5, 5.41) is 8.96. The van der Waals surface area contributed by atoms with Crippen LogP contribution in [0.1, 0.15) is 46.5 Å². The molecule has 1 saturated carbocycles. The van der Waals surface area contributed by atoms with Crippen molar-refractivity contribution in [1.82, 2.24) is 19.2 Å². The molecule has 3 aliphatic rings. The van der Waals surface area contributed by atoms with Crippen LogP contribution in [0.15, 0.2) is 12.4 Å². The number of nitrogens with zero attached hydrogens (tertiary/aromatic N) is 5. The number of carbonyl (C=O) groups is 2. The molecule has 1 N–H and O–H groups in total. The summed E-state index contributed by atoms with van der Waals surface area (Å²) in [6, 6.07) is 0.0185. The van der Waals surface area contributed by atoms with Crippen molar-refractivity contribution in [3.63, 3.8) is 0 Å². The molecule has 2 saturated heterocycles. The van der Waals surface area contributed by atoms with E-state index in [4.69, 9.17) is 4.74 Å². The highest BCUT2D eigenvalue weighted by molar-refractivity contribution is 7.89. The van der Waals surface area contributed by atoms with Gasteiger partial charge in [0, 0.05) is 25.7 Å². The van der Waals surface area contributed by atoms with E-state index in [1.165, 1.54) is 21.6 Å². The van der Waals surface area contributed by atoms with Crippen LogP contribution in [0.3, 0.4) is 0 Å². The minimum absolute atomic E-state index is 0.0185. The Balaban J connectivity index is 1.32. The van der Waals surface area contributed by atoms with Gasteiger partial charge in [-0.3, -0.25) is 9.69 Å². The Morgan fingerprint density at radius 3 is 2.53 bits per heavy atom. The van der Waals surface area contributed by atoms with Crippen molar-refractivity contribution in [2.24, 2.45) is 11.3 Å². The predicted molar refractivity (Wildman–Crippen MR) is 124 cm³/mol. The minimum atomic E-state index is -3.49. The van der Waals surface area contributed by atoms with Gasteiger partial charge in [-0.25, -0.2) is 23.2 Å². The van der Waals surface area contributed by atoms with Gasteiger partial charge in [0.1, 0.15) is 0 Å². The maximum Gasteiger partial charge on any atom is 0.407 e. The average molecular weight is 496 g/mol. The number of amides is 2. The van der Waals surface area contributed by atoms with E-state index in [1.807, 2.05) is 0 Å². The number of aromatic nitrogens is 2. The highest BCUT2D eigenvalue weighted by atomic mass is 32.2. The SMILES string of the molecule is CC(C)S(=O)(=O)N1CCN(c2cnc(OCC3CCN(C(=O)O)C(C4(C)CC4)C3)cn2)C(=O)C1. The van der Waals surface area contributed by atoms with Crippen molar-refractivity contribution in [2.45, 2.75) is 57.7 Å². The fourth-order valence-electron chi connectivity index (χ4n) is 4.75. The molecule has 3 fully saturated rings. The molecule has 4 rings (SSSR count). The van der Waals surface area contributed by atoms with Crippen molar-refractivity contribution in [2.75, 3.05) is 37.7 Å². The quantitative estimate of drug-likeness (QED) is 0.605. The number of hydrogen-bond acceptors (Lipinski definition) is 7. The van der Waals surface area contributed by atoms with E-state index >= 15 is 0 Å². The Morgan fingerprint density at radius 1 is 1.24 bits per heavy atom. The van der Waals surface area contributed by atoms with E-state index in [0.717, 1.165) is 25.7 Å². The van der Waals surface area contributed by atoms with Crippen molar-refractivity contribution >= 4 is 27.8 Å². The second-order valence-electron chi connectivity index (χ2n) is 10.0. The minimum Gasteiger partial charge on any atom is -0.476 e. The first kappa shape index (κ1) is 24.6. The zero-order valence-electron chi connectivity index (χ0n) is 19.9. The number of sulfonamides is 1. The molecule has 3 heterocycles. The van der Waals surface area contributed by atoms with Gasteiger partial charge in [-0.05, 0) is 50.9 Å². The number of rotatable bonds is 7. The van der Waals surface area contributed by atoms with Crippen LogP contribution in [-0.2, 0) is 14.8 Å². The maximum absolute atomic E-state index is 12.6. The van der Waals surface area contributed by atoms with E-state index in [0.29, 0.717) is 24.8 Å². The molecule has 2 aliphatic heterocycles. The first-order chi connectivity index (χ1) is 16.0. The van der Waals surface area contributed by atoms with Gasteiger partial charge >= 0.3 is 6.09 Å². The molecule has 0 bridgehead atoms. The maximum atomic E-state index is 12.6. The molecule has 1 aliphatic carbocycles. The van der Waals surface area contributed by atoms with Gasteiger partial charge in [-0.1, -0.05) is 6.92 Å². The van der Waals surface area contributed by atoms with Crippen LogP contribution in [0.2, 0.25) is 0 Å². The predicted octanol–water partition coefficient (Wildman–Crippen LogP) is 1.80. The average Bonchev–Trinajstić information content (AvgIpc) is 3.56. The van der Waals surface area contributed by atoms with E-state index in [1.54, 1.807) is 18.7 Å². The summed E-state index contributed by atoms with van der Waals surface area (Å²) in [5.41, 5.74) is 0.0730. The molecule has 0 radical (unpaired) electrons. The number of ether oxygens (including phenoxy) is 1. The molecular weight excluding hydrogens is 462 g/mol. The second kappa shape index (κ2) is 9.29. The number of piperidine rings is 1. The highest BCUT2D eigenvalue weighted by Crippen LogP contribution is 2.53. The van der Waals surface area contributed by atoms with Crippen LogP contribution in [0.4, 0.5) is 10.6 Å². The number of carboxylic acid groups (broad SMARTS) is 1.